The highest BCUT2D eigenvalue weighted by molar-refractivity contribution is 8.78. The molecule has 0 saturated heterocycles. The third-order valence-electron chi connectivity index (χ3n) is 2.06. The molecule has 16 heavy (non-hydrogen) atoms. The van der Waals surface area contributed by atoms with Crippen LogP contribution in [0.4, 0.5) is 0 Å². The lowest BCUT2D eigenvalue weighted by atomic mass is 10.2. The monoisotopic (exact) mass is 261 g/mol. The molecule has 0 aliphatic carbocycles. The third-order valence-corrected chi connectivity index (χ3v) is 4.49. The van der Waals surface area contributed by atoms with E-state index in [-0.39, 0.29) is 18.3 Å². The minimum absolute atomic E-state index is 0.00481. The van der Waals surface area contributed by atoms with E-state index in [1.807, 2.05) is 5.41 Å². The molecule has 1 unspecified atom stereocenters. The van der Waals surface area contributed by atoms with E-state index in [1.54, 1.807) is 21.6 Å². The van der Waals surface area contributed by atoms with Crippen molar-refractivity contribution >= 4 is 33.5 Å². The van der Waals surface area contributed by atoms with Crippen molar-refractivity contribution in [1.82, 2.24) is 5.32 Å². The number of amides is 1. The summed E-state index contributed by atoms with van der Waals surface area (Å²) in [5.41, 5.74) is 0. The number of esters is 1. The molecule has 1 rings (SSSR count). The van der Waals surface area contributed by atoms with Gasteiger partial charge in [0.15, 0.2) is 0 Å². The van der Waals surface area contributed by atoms with Gasteiger partial charge in [0.05, 0.1) is 13.5 Å². The molecule has 0 aromatic carbocycles. The molecule has 1 N–H and O–H groups in total. The predicted molar refractivity (Wildman–Crippen MR) is 67.0 cm³/mol. The number of nitrogens with one attached hydrogen (secondary N) is 1. The summed E-state index contributed by atoms with van der Waals surface area (Å²) in [6.07, 6.45) is 3.69. The number of carbonyl (C=O) groups is 2. The Bertz CT molecular complexity index is 281. The lowest BCUT2D eigenvalue weighted by molar-refractivity contribution is -0.140. The third kappa shape index (κ3) is 5.46. The zero-order valence-electron chi connectivity index (χ0n) is 9.10. The fraction of sp³-hybridized carbons (Fsp3) is 0.600. The Morgan fingerprint density at radius 2 is 2.25 bits per heavy atom. The average Bonchev–Trinajstić information content (AvgIpc) is 2.79. The fourth-order valence-electron chi connectivity index (χ4n) is 1.17. The summed E-state index contributed by atoms with van der Waals surface area (Å²) >= 11 is 0. The van der Waals surface area contributed by atoms with Gasteiger partial charge in [-0.05, 0) is 11.8 Å². The Hall–Kier alpha value is -0.620. The van der Waals surface area contributed by atoms with E-state index in [2.05, 4.69) is 16.1 Å². The standard InChI is InChI=1S/C10H15NO3S2/c1-14-10(13)4-6-11-9(12)3-2-8-5-7-15-16-8/h5,7-8H,2-4,6H2,1H3,(H,11,12). The number of rotatable bonds is 6. The first-order chi connectivity index (χ1) is 7.72. The zero-order valence-corrected chi connectivity index (χ0v) is 10.7. The normalized spacial score (nSPS) is 18.4. The number of methoxy groups -OCH3 is 1. The molecule has 0 aromatic rings. The van der Waals surface area contributed by atoms with Gasteiger partial charge in [0.1, 0.15) is 0 Å². The second kappa shape index (κ2) is 7.62. The fourth-order valence-corrected chi connectivity index (χ4v) is 3.38. The van der Waals surface area contributed by atoms with Gasteiger partial charge in [-0.1, -0.05) is 27.7 Å². The minimum atomic E-state index is -0.300. The summed E-state index contributed by atoms with van der Waals surface area (Å²) in [4.78, 5) is 22.1. The second-order valence-corrected chi connectivity index (χ2v) is 5.69. The van der Waals surface area contributed by atoms with Crippen LogP contribution in [-0.2, 0) is 14.3 Å². The zero-order chi connectivity index (χ0) is 11.8. The van der Waals surface area contributed by atoms with Crippen LogP contribution in [0.2, 0.25) is 0 Å². The Labute approximate surface area is 103 Å². The quantitative estimate of drug-likeness (QED) is 0.583. The van der Waals surface area contributed by atoms with Crippen LogP contribution < -0.4 is 5.32 Å². The Balaban J connectivity index is 2.02. The highest BCUT2D eigenvalue weighted by atomic mass is 33.1. The van der Waals surface area contributed by atoms with Crippen molar-refractivity contribution < 1.29 is 14.3 Å². The predicted octanol–water partition coefficient (Wildman–Crippen LogP) is 1.72. The molecule has 1 heterocycles. The van der Waals surface area contributed by atoms with E-state index in [4.69, 9.17) is 0 Å². The molecule has 0 fully saturated rings. The van der Waals surface area contributed by atoms with Gasteiger partial charge in [0.25, 0.3) is 0 Å². The Morgan fingerprint density at radius 1 is 1.44 bits per heavy atom. The smallest absolute Gasteiger partial charge is 0.307 e. The topological polar surface area (TPSA) is 55.4 Å². The Morgan fingerprint density at radius 3 is 2.88 bits per heavy atom. The summed E-state index contributed by atoms with van der Waals surface area (Å²) in [5, 5.41) is 5.18. The van der Waals surface area contributed by atoms with E-state index in [0.717, 1.165) is 6.42 Å². The average molecular weight is 261 g/mol. The summed E-state index contributed by atoms with van der Waals surface area (Å²) in [5.74, 6) is -0.305. The SMILES string of the molecule is COC(=O)CCNC(=O)CCC1C=CSS1. The van der Waals surface area contributed by atoms with Crippen LogP contribution in [0.25, 0.3) is 0 Å². The van der Waals surface area contributed by atoms with Gasteiger partial charge >= 0.3 is 5.97 Å². The maximum absolute atomic E-state index is 11.4. The lowest BCUT2D eigenvalue weighted by Crippen LogP contribution is -2.26. The molecule has 0 spiro atoms. The second-order valence-electron chi connectivity index (χ2n) is 3.27. The van der Waals surface area contributed by atoms with Crippen LogP contribution in [0, 0.1) is 0 Å². The molecule has 1 atom stereocenters. The maximum atomic E-state index is 11.4. The van der Waals surface area contributed by atoms with E-state index in [0.29, 0.717) is 18.2 Å². The first-order valence-corrected chi connectivity index (χ1v) is 7.32. The van der Waals surface area contributed by atoms with Gasteiger partial charge in [0.2, 0.25) is 5.91 Å². The molecule has 0 bridgehead atoms. The summed E-state index contributed by atoms with van der Waals surface area (Å²) in [7, 11) is 4.81. The van der Waals surface area contributed by atoms with Gasteiger partial charge in [-0.25, -0.2) is 0 Å². The largest absolute Gasteiger partial charge is 0.469 e. The first kappa shape index (κ1) is 13.4. The molecule has 0 aromatic heterocycles. The number of carbonyl (C=O) groups excluding carboxylic acids is 2. The van der Waals surface area contributed by atoms with Gasteiger partial charge in [0, 0.05) is 18.2 Å². The molecule has 0 saturated carbocycles. The van der Waals surface area contributed by atoms with E-state index in [1.165, 1.54) is 7.11 Å². The van der Waals surface area contributed by atoms with Crippen LogP contribution in [0.5, 0.6) is 0 Å². The van der Waals surface area contributed by atoms with E-state index in [9.17, 15) is 9.59 Å². The summed E-state index contributed by atoms with van der Waals surface area (Å²) in [6.45, 7) is 0.355. The molecular formula is C10H15NO3S2. The van der Waals surface area contributed by atoms with Crippen molar-refractivity contribution in [3.05, 3.63) is 11.5 Å². The molecular weight excluding hydrogens is 246 g/mol. The van der Waals surface area contributed by atoms with Crippen LogP contribution in [0.1, 0.15) is 19.3 Å². The van der Waals surface area contributed by atoms with Crippen molar-refractivity contribution in [1.29, 1.82) is 0 Å². The van der Waals surface area contributed by atoms with Crippen molar-refractivity contribution in [3.63, 3.8) is 0 Å². The van der Waals surface area contributed by atoms with Gasteiger partial charge in [-0.15, -0.1) is 0 Å². The van der Waals surface area contributed by atoms with Gasteiger partial charge < -0.3 is 10.1 Å². The minimum Gasteiger partial charge on any atom is -0.469 e. The molecule has 6 heteroatoms. The number of hydrogen-bond acceptors (Lipinski definition) is 5. The van der Waals surface area contributed by atoms with Crippen molar-refractivity contribution in [2.75, 3.05) is 13.7 Å². The van der Waals surface area contributed by atoms with Gasteiger partial charge in [-0.3, -0.25) is 9.59 Å². The number of hydrogen-bond donors (Lipinski definition) is 1. The molecule has 0 radical (unpaired) electrons. The summed E-state index contributed by atoms with van der Waals surface area (Å²) < 4.78 is 4.47. The molecule has 4 nitrogen and oxygen atoms in total. The maximum Gasteiger partial charge on any atom is 0.307 e. The highest BCUT2D eigenvalue weighted by Gasteiger charge is 2.12. The van der Waals surface area contributed by atoms with Crippen LogP contribution >= 0.6 is 21.6 Å². The van der Waals surface area contributed by atoms with E-state index >= 15 is 0 Å². The lowest BCUT2D eigenvalue weighted by Gasteiger charge is -2.06. The molecule has 1 aliphatic rings. The number of ether oxygens (including phenoxy) is 1. The van der Waals surface area contributed by atoms with Crippen LogP contribution in [-0.4, -0.2) is 30.8 Å². The van der Waals surface area contributed by atoms with Crippen molar-refractivity contribution in [3.8, 4) is 0 Å². The Kier molecular flexibility index (Phi) is 6.40. The van der Waals surface area contributed by atoms with Crippen molar-refractivity contribution in [2.24, 2.45) is 0 Å². The first-order valence-electron chi connectivity index (χ1n) is 5.04. The summed E-state index contributed by atoms with van der Waals surface area (Å²) in [6, 6.07) is 0. The van der Waals surface area contributed by atoms with Crippen molar-refractivity contribution in [2.45, 2.75) is 24.5 Å². The molecule has 90 valence electrons. The molecule has 1 aliphatic heterocycles. The van der Waals surface area contributed by atoms with Crippen LogP contribution in [0.15, 0.2) is 11.5 Å². The van der Waals surface area contributed by atoms with Gasteiger partial charge in [-0.2, -0.15) is 0 Å². The highest BCUT2D eigenvalue weighted by Crippen LogP contribution is 2.37. The van der Waals surface area contributed by atoms with E-state index < -0.39 is 0 Å². The molecule has 1 amide bonds. The van der Waals surface area contributed by atoms with Crippen LogP contribution in [0.3, 0.4) is 0 Å².